The molecule has 0 aromatic heterocycles. The summed E-state index contributed by atoms with van der Waals surface area (Å²) in [6.45, 7) is 9.07. The van der Waals surface area contributed by atoms with Crippen LogP contribution in [0.5, 0.6) is 0 Å². The van der Waals surface area contributed by atoms with Crippen LogP contribution in [0.15, 0.2) is 0 Å². The van der Waals surface area contributed by atoms with Crippen molar-refractivity contribution in [2.45, 2.75) is 44.9 Å². The van der Waals surface area contributed by atoms with Crippen LogP contribution >= 0.6 is 11.8 Å². The molecule has 2 unspecified atom stereocenters. The Morgan fingerprint density at radius 1 is 1.62 bits per heavy atom. The lowest BCUT2D eigenvalue weighted by atomic mass is 10.2. The average Bonchev–Trinajstić information content (AvgIpc) is 2.29. The van der Waals surface area contributed by atoms with Crippen LogP contribution in [-0.4, -0.2) is 47.5 Å². The van der Waals surface area contributed by atoms with Gasteiger partial charge in [0.1, 0.15) is 0 Å². The van der Waals surface area contributed by atoms with Crippen molar-refractivity contribution >= 4 is 17.7 Å². The van der Waals surface area contributed by atoms with Crippen molar-refractivity contribution in [3.05, 3.63) is 0 Å². The van der Waals surface area contributed by atoms with Crippen LogP contribution < -0.4 is 5.32 Å². The zero-order valence-corrected chi connectivity index (χ0v) is 11.5. The van der Waals surface area contributed by atoms with Gasteiger partial charge in [-0.2, -0.15) is 0 Å². The molecule has 1 fully saturated rings. The first-order valence-corrected chi connectivity index (χ1v) is 7.34. The third-order valence-corrected chi connectivity index (χ3v) is 4.22. The minimum Gasteiger partial charge on any atom is -0.336 e. The fourth-order valence-electron chi connectivity index (χ4n) is 1.88. The summed E-state index contributed by atoms with van der Waals surface area (Å²) in [4.78, 5) is 14.2. The molecule has 0 aromatic carbocycles. The highest BCUT2D eigenvalue weighted by Gasteiger charge is 2.26. The van der Waals surface area contributed by atoms with Crippen LogP contribution in [0.4, 0.5) is 0 Å². The number of nitrogens with zero attached hydrogens (tertiary/aromatic N) is 1. The summed E-state index contributed by atoms with van der Waals surface area (Å²) in [5, 5.41) is 3.43. The minimum absolute atomic E-state index is 0.118. The summed E-state index contributed by atoms with van der Waals surface area (Å²) in [6, 6.07) is 0.343. The SMILES string of the molecule is CCCCSC(C)C(=O)N1CCNCC1C. The zero-order valence-electron chi connectivity index (χ0n) is 10.7. The summed E-state index contributed by atoms with van der Waals surface area (Å²) >= 11 is 1.79. The number of rotatable bonds is 5. The van der Waals surface area contributed by atoms with Crippen LogP contribution in [-0.2, 0) is 4.79 Å². The summed E-state index contributed by atoms with van der Waals surface area (Å²) in [5.41, 5.74) is 0. The summed E-state index contributed by atoms with van der Waals surface area (Å²) in [6.07, 6.45) is 2.41. The fraction of sp³-hybridized carbons (Fsp3) is 0.917. The maximum absolute atomic E-state index is 12.2. The molecule has 1 saturated heterocycles. The molecular weight excluding hydrogens is 220 g/mol. The number of hydrogen-bond donors (Lipinski definition) is 1. The van der Waals surface area contributed by atoms with E-state index in [1.54, 1.807) is 11.8 Å². The monoisotopic (exact) mass is 244 g/mol. The van der Waals surface area contributed by atoms with Gasteiger partial charge in [-0.05, 0) is 26.0 Å². The van der Waals surface area contributed by atoms with Gasteiger partial charge in [-0.25, -0.2) is 0 Å². The molecule has 3 nitrogen and oxygen atoms in total. The molecule has 0 aromatic rings. The van der Waals surface area contributed by atoms with E-state index in [2.05, 4.69) is 19.2 Å². The van der Waals surface area contributed by atoms with E-state index in [0.717, 1.165) is 25.4 Å². The van der Waals surface area contributed by atoms with Crippen LogP contribution in [0.3, 0.4) is 0 Å². The summed E-state index contributed by atoms with van der Waals surface area (Å²) in [5.74, 6) is 1.42. The number of piperazine rings is 1. The Balaban J connectivity index is 2.36. The molecule has 1 heterocycles. The molecule has 4 heteroatoms. The number of amides is 1. The smallest absolute Gasteiger partial charge is 0.235 e. The first-order valence-electron chi connectivity index (χ1n) is 6.29. The Morgan fingerprint density at radius 3 is 3.00 bits per heavy atom. The van der Waals surface area contributed by atoms with Gasteiger partial charge in [0.05, 0.1) is 5.25 Å². The normalized spacial score (nSPS) is 23.2. The first-order chi connectivity index (χ1) is 7.66. The van der Waals surface area contributed by atoms with Gasteiger partial charge in [-0.1, -0.05) is 13.3 Å². The summed E-state index contributed by atoms with van der Waals surface area (Å²) in [7, 11) is 0. The van der Waals surface area contributed by atoms with Crippen molar-refractivity contribution in [1.29, 1.82) is 0 Å². The number of carbonyl (C=O) groups is 1. The predicted octanol–water partition coefficient (Wildman–Crippen LogP) is 1.73. The molecule has 1 aliphatic rings. The van der Waals surface area contributed by atoms with Gasteiger partial charge in [0.2, 0.25) is 5.91 Å². The third-order valence-electron chi connectivity index (χ3n) is 3.00. The molecule has 0 saturated carbocycles. The second-order valence-electron chi connectivity index (χ2n) is 4.45. The Hall–Kier alpha value is -0.220. The van der Waals surface area contributed by atoms with Crippen LogP contribution in [0.2, 0.25) is 0 Å². The molecule has 16 heavy (non-hydrogen) atoms. The van der Waals surface area contributed by atoms with Crippen molar-refractivity contribution in [2.24, 2.45) is 0 Å². The van der Waals surface area contributed by atoms with E-state index in [9.17, 15) is 4.79 Å². The molecular formula is C12H24N2OS. The number of nitrogens with one attached hydrogen (secondary N) is 1. The standard InChI is InChI=1S/C12H24N2OS/c1-4-5-8-16-11(3)12(15)14-7-6-13-9-10(14)2/h10-11,13H,4-9H2,1-3H3. The number of carbonyl (C=O) groups excluding carboxylic acids is 1. The molecule has 1 aliphatic heterocycles. The van der Waals surface area contributed by atoms with Crippen LogP contribution in [0, 0.1) is 0 Å². The van der Waals surface area contributed by atoms with E-state index in [0.29, 0.717) is 11.9 Å². The number of unbranched alkanes of at least 4 members (excludes halogenated alkanes) is 1. The van der Waals surface area contributed by atoms with E-state index in [1.807, 2.05) is 11.8 Å². The van der Waals surface area contributed by atoms with Gasteiger partial charge in [-0.3, -0.25) is 4.79 Å². The van der Waals surface area contributed by atoms with Crippen molar-refractivity contribution in [3.63, 3.8) is 0 Å². The lowest BCUT2D eigenvalue weighted by Gasteiger charge is -2.35. The quantitative estimate of drug-likeness (QED) is 0.748. The average molecular weight is 244 g/mol. The van der Waals surface area contributed by atoms with Gasteiger partial charge in [0, 0.05) is 25.7 Å². The maximum Gasteiger partial charge on any atom is 0.235 e. The molecule has 1 rings (SSSR count). The van der Waals surface area contributed by atoms with Crippen molar-refractivity contribution < 1.29 is 4.79 Å². The number of thioether (sulfide) groups is 1. The fourth-order valence-corrected chi connectivity index (χ4v) is 2.96. The van der Waals surface area contributed by atoms with Crippen molar-refractivity contribution in [3.8, 4) is 0 Å². The molecule has 1 amide bonds. The van der Waals surface area contributed by atoms with Crippen LogP contribution in [0.25, 0.3) is 0 Å². The topological polar surface area (TPSA) is 32.3 Å². The van der Waals surface area contributed by atoms with E-state index in [4.69, 9.17) is 0 Å². The molecule has 0 aliphatic carbocycles. The molecule has 0 radical (unpaired) electrons. The molecule has 1 N–H and O–H groups in total. The third kappa shape index (κ3) is 3.98. The van der Waals surface area contributed by atoms with E-state index >= 15 is 0 Å². The lowest BCUT2D eigenvalue weighted by Crippen LogP contribution is -2.54. The predicted molar refractivity (Wildman–Crippen MR) is 70.9 cm³/mol. The van der Waals surface area contributed by atoms with Crippen LogP contribution in [0.1, 0.15) is 33.6 Å². The second kappa shape index (κ2) is 7.17. The van der Waals surface area contributed by atoms with Gasteiger partial charge >= 0.3 is 0 Å². The van der Waals surface area contributed by atoms with E-state index < -0.39 is 0 Å². The van der Waals surface area contributed by atoms with Gasteiger partial charge in [-0.15, -0.1) is 11.8 Å². The highest BCUT2D eigenvalue weighted by atomic mass is 32.2. The van der Waals surface area contributed by atoms with Gasteiger partial charge in [0.25, 0.3) is 0 Å². The Morgan fingerprint density at radius 2 is 2.38 bits per heavy atom. The first kappa shape index (κ1) is 13.8. The highest BCUT2D eigenvalue weighted by molar-refractivity contribution is 8.00. The Bertz CT molecular complexity index is 223. The maximum atomic E-state index is 12.2. The van der Waals surface area contributed by atoms with E-state index in [1.165, 1.54) is 12.8 Å². The van der Waals surface area contributed by atoms with E-state index in [-0.39, 0.29) is 5.25 Å². The molecule has 94 valence electrons. The molecule has 2 atom stereocenters. The Kier molecular flexibility index (Phi) is 6.21. The van der Waals surface area contributed by atoms with Gasteiger partial charge in [0.15, 0.2) is 0 Å². The Labute approximate surface area is 103 Å². The molecule has 0 bridgehead atoms. The second-order valence-corrected chi connectivity index (χ2v) is 5.90. The zero-order chi connectivity index (χ0) is 12.0. The lowest BCUT2D eigenvalue weighted by molar-refractivity contribution is -0.133. The van der Waals surface area contributed by atoms with Gasteiger partial charge < -0.3 is 10.2 Å². The summed E-state index contributed by atoms with van der Waals surface area (Å²) < 4.78 is 0. The largest absolute Gasteiger partial charge is 0.336 e. The minimum atomic E-state index is 0.118. The highest BCUT2D eigenvalue weighted by Crippen LogP contribution is 2.17. The number of hydrogen-bond acceptors (Lipinski definition) is 3. The van der Waals surface area contributed by atoms with Crippen molar-refractivity contribution in [2.75, 3.05) is 25.4 Å². The van der Waals surface area contributed by atoms with Crippen molar-refractivity contribution in [1.82, 2.24) is 10.2 Å². The molecule has 0 spiro atoms.